The van der Waals surface area contributed by atoms with Crippen LogP contribution in [0.15, 0.2) is 0 Å². The third kappa shape index (κ3) is 4.92. The minimum atomic E-state index is 0.00670. The van der Waals surface area contributed by atoms with Crippen LogP contribution in [0.25, 0.3) is 0 Å². The van der Waals surface area contributed by atoms with Gasteiger partial charge in [-0.3, -0.25) is 0 Å². The normalized spacial score (nSPS) is 31.4. The van der Waals surface area contributed by atoms with Crippen LogP contribution < -0.4 is 5.32 Å². The quantitative estimate of drug-likeness (QED) is 0.710. The Morgan fingerprint density at radius 3 is 2.94 bits per heavy atom. The molecule has 1 aliphatic heterocycles. The molecule has 0 aromatic heterocycles. The van der Waals surface area contributed by atoms with E-state index in [-0.39, 0.29) is 18.2 Å². The Labute approximate surface area is 105 Å². The highest BCUT2D eigenvalue weighted by Crippen LogP contribution is 2.27. The molecule has 1 rings (SSSR count). The van der Waals surface area contributed by atoms with Gasteiger partial charge in [0, 0.05) is 32.4 Å². The summed E-state index contributed by atoms with van der Waals surface area (Å²) in [5.74, 6) is 0. The summed E-state index contributed by atoms with van der Waals surface area (Å²) in [6, 6.07) is 0.717. The Morgan fingerprint density at radius 1 is 1.59 bits per heavy atom. The topological polar surface area (TPSA) is 50.7 Å². The highest BCUT2D eigenvalue weighted by Gasteiger charge is 2.32. The fourth-order valence-electron chi connectivity index (χ4n) is 2.42. The van der Waals surface area contributed by atoms with Gasteiger partial charge in [0.2, 0.25) is 0 Å². The summed E-state index contributed by atoms with van der Waals surface area (Å²) in [5.41, 5.74) is 0.00670. The molecular weight excluding hydrogens is 218 g/mol. The number of aliphatic hydroxyl groups is 1. The molecule has 0 aromatic carbocycles. The molecule has 2 N–H and O–H groups in total. The molecule has 0 aliphatic carbocycles. The van der Waals surface area contributed by atoms with Gasteiger partial charge in [0.05, 0.1) is 12.2 Å². The first-order valence-electron chi connectivity index (χ1n) is 6.63. The lowest BCUT2D eigenvalue weighted by molar-refractivity contribution is -0.0801. The van der Waals surface area contributed by atoms with Gasteiger partial charge < -0.3 is 19.9 Å². The van der Waals surface area contributed by atoms with E-state index >= 15 is 0 Å². The summed E-state index contributed by atoms with van der Waals surface area (Å²) < 4.78 is 11.0. The lowest BCUT2D eigenvalue weighted by atomic mass is 9.89. The fraction of sp³-hybridized carbons (Fsp3) is 1.00. The number of hydrogen-bond acceptors (Lipinski definition) is 4. The number of hydrogen-bond donors (Lipinski definition) is 2. The van der Waals surface area contributed by atoms with Gasteiger partial charge in [0.15, 0.2) is 0 Å². The largest absolute Gasteiger partial charge is 0.396 e. The van der Waals surface area contributed by atoms with Crippen molar-refractivity contribution >= 4 is 0 Å². The van der Waals surface area contributed by atoms with Crippen molar-refractivity contribution in [1.82, 2.24) is 5.32 Å². The molecule has 3 unspecified atom stereocenters. The molecule has 0 radical (unpaired) electrons. The van der Waals surface area contributed by atoms with E-state index in [1.54, 1.807) is 7.11 Å². The number of rotatable bonds is 7. The Morgan fingerprint density at radius 2 is 2.35 bits per heavy atom. The Hall–Kier alpha value is -0.160. The van der Waals surface area contributed by atoms with Gasteiger partial charge >= 0.3 is 0 Å². The van der Waals surface area contributed by atoms with E-state index in [0.717, 1.165) is 32.3 Å². The predicted octanol–water partition coefficient (Wildman–Crippen LogP) is 1.32. The average molecular weight is 245 g/mol. The maximum absolute atomic E-state index is 9.02. The maximum atomic E-state index is 9.02. The second-order valence-electron chi connectivity index (χ2n) is 5.17. The first-order valence-corrected chi connectivity index (χ1v) is 6.63. The summed E-state index contributed by atoms with van der Waals surface area (Å²) in [6.07, 6.45) is 3.87. The van der Waals surface area contributed by atoms with E-state index in [1.807, 2.05) is 0 Å². The second kappa shape index (κ2) is 7.31. The highest BCUT2D eigenvalue weighted by atomic mass is 16.5. The monoisotopic (exact) mass is 245 g/mol. The van der Waals surface area contributed by atoms with Crippen molar-refractivity contribution in [3.8, 4) is 0 Å². The van der Waals surface area contributed by atoms with Crippen LogP contribution >= 0.6 is 0 Å². The molecular formula is C13H27NO3. The zero-order valence-electron chi connectivity index (χ0n) is 11.4. The summed E-state index contributed by atoms with van der Waals surface area (Å²) in [4.78, 5) is 0. The molecule has 0 saturated carbocycles. The smallest absolute Gasteiger partial charge is 0.0666 e. The van der Waals surface area contributed by atoms with Crippen molar-refractivity contribution in [3.63, 3.8) is 0 Å². The SMILES string of the molecule is CCC1(C)CC(NC(CCO)COC)CCO1. The third-order valence-electron chi connectivity index (χ3n) is 3.66. The summed E-state index contributed by atoms with van der Waals surface area (Å²) in [5, 5.41) is 12.6. The molecule has 102 valence electrons. The van der Waals surface area contributed by atoms with E-state index in [0.29, 0.717) is 12.6 Å². The number of ether oxygens (including phenoxy) is 2. The van der Waals surface area contributed by atoms with Crippen molar-refractivity contribution in [3.05, 3.63) is 0 Å². The minimum Gasteiger partial charge on any atom is -0.396 e. The first kappa shape index (κ1) is 14.9. The van der Waals surface area contributed by atoms with Gasteiger partial charge in [-0.25, -0.2) is 0 Å². The summed E-state index contributed by atoms with van der Waals surface area (Å²) in [6.45, 7) is 6.03. The van der Waals surface area contributed by atoms with E-state index < -0.39 is 0 Å². The minimum absolute atomic E-state index is 0.00670. The predicted molar refractivity (Wildman–Crippen MR) is 68.2 cm³/mol. The molecule has 1 aliphatic rings. The maximum Gasteiger partial charge on any atom is 0.0666 e. The lowest BCUT2D eigenvalue weighted by Gasteiger charge is -2.39. The molecule has 3 atom stereocenters. The molecule has 0 spiro atoms. The average Bonchev–Trinajstić information content (AvgIpc) is 2.30. The van der Waals surface area contributed by atoms with Gasteiger partial charge in [0.1, 0.15) is 0 Å². The van der Waals surface area contributed by atoms with Crippen LogP contribution in [-0.4, -0.2) is 49.7 Å². The van der Waals surface area contributed by atoms with Gasteiger partial charge in [-0.15, -0.1) is 0 Å². The Kier molecular flexibility index (Phi) is 6.41. The van der Waals surface area contributed by atoms with Crippen LogP contribution in [0.2, 0.25) is 0 Å². The zero-order valence-corrected chi connectivity index (χ0v) is 11.4. The van der Waals surface area contributed by atoms with Crippen LogP contribution in [0.4, 0.5) is 0 Å². The van der Waals surface area contributed by atoms with Crippen molar-refractivity contribution in [2.75, 3.05) is 26.9 Å². The van der Waals surface area contributed by atoms with Crippen LogP contribution in [0.3, 0.4) is 0 Å². The Bertz CT molecular complexity index is 207. The van der Waals surface area contributed by atoms with Crippen molar-refractivity contribution in [2.24, 2.45) is 0 Å². The standard InChI is InChI=1S/C13H27NO3/c1-4-13(2)9-11(6-8-17-13)14-12(5-7-15)10-16-3/h11-12,14-15H,4-10H2,1-3H3. The van der Waals surface area contributed by atoms with Gasteiger partial charge in [0.25, 0.3) is 0 Å². The van der Waals surface area contributed by atoms with Gasteiger partial charge in [-0.2, -0.15) is 0 Å². The summed E-state index contributed by atoms with van der Waals surface area (Å²) >= 11 is 0. The van der Waals surface area contributed by atoms with Crippen molar-refractivity contribution in [1.29, 1.82) is 0 Å². The molecule has 17 heavy (non-hydrogen) atoms. The summed E-state index contributed by atoms with van der Waals surface area (Å²) in [7, 11) is 1.70. The molecule has 1 fully saturated rings. The van der Waals surface area contributed by atoms with Crippen LogP contribution in [0, 0.1) is 0 Å². The van der Waals surface area contributed by atoms with Gasteiger partial charge in [-0.1, -0.05) is 6.92 Å². The molecule has 1 saturated heterocycles. The molecule has 4 nitrogen and oxygen atoms in total. The van der Waals surface area contributed by atoms with E-state index in [2.05, 4.69) is 19.2 Å². The number of aliphatic hydroxyl groups excluding tert-OH is 1. The van der Waals surface area contributed by atoms with E-state index in [4.69, 9.17) is 14.6 Å². The van der Waals surface area contributed by atoms with Crippen LogP contribution in [-0.2, 0) is 9.47 Å². The first-order chi connectivity index (χ1) is 8.13. The second-order valence-corrected chi connectivity index (χ2v) is 5.17. The third-order valence-corrected chi connectivity index (χ3v) is 3.66. The van der Waals surface area contributed by atoms with Gasteiger partial charge in [-0.05, 0) is 32.6 Å². The van der Waals surface area contributed by atoms with Crippen LogP contribution in [0.1, 0.15) is 39.5 Å². The fourth-order valence-corrected chi connectivity index (χ4v) is 2.42. The van der Waals surface area contributed by atoms with Crippen molar-refractivity contribution < 1.29 is 14.6 Å². The number of nitrogens with one attached hydrogen (secondary N) is 1. The van der Waals surface area contributed by atoms with Crippen molar-refractivity contribution in [2.45, 2.75) is 57.2 Å². The van der Waals surface area contributed by atoms with E-state index in [1.165, 1.54) is 0 Å². The molecule has 4 heteroatoms. The highest BCUT2D eigenvalue weighted by molar-refractivity contribution is 4.87. The Balaban J connectivity index is 2.43. The van der Waals surface area contributed by atoms with Crippen LogP contribution in [0.5, 0.6) is 0 Å². The number of methoxy groups -OCH3 is 1. The molecule has 0 amide bonds. The molecule has 0 bridgehead atoms. The molecule has 0 aromatic rings. The van der Waals surface area contributed by atoms with E-state index in [9.17, 15) is 0 Å². The molecule has 1 heterocycles. The lowest BCUT2D eigenvalue weighted by Crippen LogP contribution is -2.49. The zero-order chi connectivity index (χ0) is 12.7.